The third kappa shape index (κ3) is 1.56. The predicted molar refractivity (Wildman–Crippen MR) is 33.9 cm³/mol. The van der Waals surface area contributed by atoms with Gasteiger partial charge in [0.2, 0.25) is 0 Å². The Bertz CT molecular complexity index is 140. The molecule has 0 aromatic carbocycles. The molecule has 0 aromatic rings. The SMILES string of the molecule is C=CC(=O)O[C@@H]1CC1C. The van der Waals surface area contributed by atoms with Crippen molar-refractivity contribution in [1.82, 2.24) is 0 Å². The van der Waals surface area contributed by atoms with E-state index in [1.807, 2.05) is 0 Å². The third-order valence-electron chi connectivity index (χ3n) is 1.47. The minimum absolute atomic E-state index is 0.176. The standard InChI is InChI=1S/C7H10O2/c1-3-7(8)9-6-4-5(6)2/h3,5-6H,1,4H2,2H3/t5?,6-/m1/s1. The Morgan fingerprint density at radius 3 is 2.78 bits per heavy atom. The quantitative estimate of drug-likeness (QED) is 0.409. The molecule has 9 heavy (non-hydrogen) atoms. The first-order chi connectivity index (χ1) is 4.24. The molecule has 1 rings (SSSR count). The van der Waals surface area contributed by atoms with Crippen LogP contribution in [0.5, 0.6) is 0 Å². The molecule has 1 aliphatic rings. The second kappa shape index (κ2) is 2.21. The molecule has 0 N–H and O–H groups in total. The van der Waals surface area contributed by atoms with Gasteiger partial charge in [-0.05, 0) is 12.3 Å². The molecule has 1 fully saturated rings. The molecule has 2 heteroatoms. The molecule has 0 bridgehead atoms. The summed E-state index contributed by atoms with van der Waals surface area (Å²) in [6, 6.07) is 0. The van der Waals surface area contributed by atoms with Crippen LogP contribution in [0, 0.1) is 5.92 Å². The summed E-state index contributed by atoms with van der Waals surface area (Å²) < 4.78 is 4.87. The van der Waals surface area contributed by atoms with Crippen molar-refractivity contribution in [3.63, 3.8) is 0 Å². The molecule has 50 valence electrons. The van der Waals surface area contributed by atoms with Gasteiger partial charge in [-0.25, -0.2) is 4.79 Å². The molecule has 2 atom stereocenters. The fourth-order valence-corrected chi connectivity index (χ4v) is 0.649. The molecule has 0 spiro atoms. The van der Waals surface area contributed by atoms with Crippen molar-refractivity contribution >= 4 is 5.97 Å². The number of hydrogen-bond acceptors (Lipinski definition) is 2. The lowest BCUT2D eigenvalue weighted by Crippen LogP contribution is -2.02. The van der Waals surface area contributed by atoms with Crippen LogP contribution in [0.15, 0.2) is 12.7 Å². The van der Waals surface area contributed by atoms with Gasteiger partial charge >= 0.3 is 5.97 Å². The van der Waals surface area contributed by atoms with Gasteiger partial charge in [0, 0.05) is 6.08 Å². The summed E-state index contributed by atoms with van der Waals surface area (Å²) in [5.74, 6) is 0.262. The number of rotatable bonds is 2. The molecule has 2 nitrogen and oxygen atoms in total. The Labute approximate surface area is 54.5 Å². The van der Waals surface area contributed by atoms with Crippen molar-refractivity contribution in [2.45, 2.75) is 19.4 Å². The average Bonchev–Trinajstić information content (AvgIpc) is 2.47. The highest BCUT2D eigenvalue weighted by atomic mass is 16.5. The van der Waals surface area contributed by atoms with Crippen LogP contribution in [-0.2, 0) is 9.53 Å². The molecule has 1 unspecified atom stereocenters. The lowest BCUT2D eigenvalue weighted by atomic mass is 10.5. The highest BCUT2D eigenvalue weighted by Crippen LogP contribution is 2.32. The van der Waals surface area contributed by atoms with Gasteiger partial charge in [0.25, 0.3) is 0 Å². The third-order valence-corrected chi connectivity index (χ3v) is 1.47. The van der Waals surface area contributed by atoms with Crippen LogP contribution in [0.25, 0.3) is 0 Å². The summed E-state index contributed by atoms with van der Waals surface area (Å²) in [7, 11) is 0. The molecule has 0 aliphatic heterocycles. The number of carbonyl (C=O) groups excluding carboxylic acids is 1. The van der Waals surface area contributed by atoms with Crippen LogP contribution in [-0.4, -0.2) is 12.1 Å². The minimum atomic E-state index is -0.302. The zero-order valence-corrected chi connectivity index (χ0v) is 5.46. The lowest BCUT2D eigenvalue weighted by molar-refractivity contribution is -0.139. The molecule has 0 aromatic heterocycles. The monoisotopic (exact) mass is 126 g/mol. The number of carbonyl (C=O) groups is 1. The maximum absolute atomic E-state index is 10.5. The number of hydrogen-bond donors (Lipinski definition) is 0. The summed E-state index contributed by atoms with van der Waals surface area (Å²) >= 11 is 0. The van der Waals surface area contributed by atoms with Crippen molar-refractivity contribution in [2.75, 3.05) is 0 Å². The Hall–Kier alpha value is -0.790. The van der Waals surface area contributed by atoms with Crippen LogP contribution < -0.4 is 0 Å². The Morgan fingerprint density at radius 2 is 2.44 bits per heavy atom. The van der Waals surface area contributed by atoms with Gasteiger partial charge in [0.15, 0.2) is 0 Å². The van der Waals surface area contributed by atoms with Crippen LogP contribution in [0.4, 0.5) is 0 Å². The topological polar surface area (TPSA) is 26.3 Å². The first-order valence-corrected chi connectivity index (χ1v) is 3.07. The maximum atomic E-state index is 10.5. The van der Waals surface area contributed by atoms with Crippen molar-refractivity contribution in [2.24, 2.45) is 5.92 Å². The Morgan fingerprint density at radius 1 is 1.89 bits per heavy atom. The van der Waals surface area contributed by atoms with E-state index < -0.39 is 0 Å². The van der Waals surface area contributed by atoms with E-state index in [2.05, 4.69) is 13.5 Å². The van der Waals surface area contributed by atoms with E-state index in [-0.39, 0.29) is 12.1 Å². The van der Waals surface area contributed by atoms with Gasteiger partial charge < -0.3 is 4.74 Å². The zero-order valence-electron chi connectivity index (χ0n) is 5.46. The Balaban J connectivity index is 2.19. The van der Waals surface area contributed by atoms with E-state index in [0.717, 1.165) is 6.42 Å². The zero-order chi connectivity index (χ0) is 6.85. The first-order valence-electron chi connectivity index (χ1n) is 3.07. The van der Waals surface area contributed by atoms with E-state index in [9.17, 15) is 4.79 Å². The van der Waals surface area contributed by atoms with Crippen molar-refractivity contribution in [1.29, 1.82) is 0 Å². The molecule has 0 saturated heterocycles. The summed E-state index contributed by atoms with van der Waals surface area (Å²) in [6.45, 7) is 5.35. The van der Waals surface area contributed by atoms with Crippen LogP contribution in [0.2, 0.25) is 0 Å². The maximum Gasteiger partial charge on any atom is 0.330 e. The highest BCUT2D eigenvalue weighted by Gasteiger charge is 2.35. The molecule has 0 amide bonds. The van der Waals surface area contributed by atoms with Gasteiger partial charge in [-0.3, -0.25) is 0 Å². The molecule has 0 radical (unpaired) electrons. The molecule has 0 heterocycles. The summed E-state index contributed by atoms with van der Waals surface area (Å²) in [5, 5.41) is 0. The van der Waals surface area contributed by atoms with Gasteiger partial charge in [-0.1, -0.05) is 13.5 Å². The van der Waals surface area contributed by atoms with Crippen LogP contribution in [0.3, 0.4) is 0 Å². The van der Waals surface area contributed by atoms with E-state index in [1.54, 1.807) is 0 Å². The normalized spacial score (nSPS) is 31.2. The van der Waals surface area contributed by atoms with Crippen molar-refractivity contribution in [3.8, 4) is 0 Å². The summed E-state index contributed by atoms with van der Waals surface area (Å²) in [6.07, 6.45) is 2.39. The van der Waals surface area contributed by atoms with Crippen molar-refractivity contribution in [3.05, 3.63) is 12.7 Å². The van der Waals surface area contributed by atoms with Crippen molar-refractivity contribution < 1.29 is 9.53 Å². The molecule has 1 saturated carbocycles. The van der Waals surface area contributed by atoms with Gasteiger partial charge in [-0.2, -0.15) is 0 Å². The number of esters is 1. The highest BCUT2D eigenvalue weighted by molar-refractivity contribution is 5.81. The lowest BCUT2D eigenvalue weighted by Gasteiger charge is -1.95. The first kappa shape index (κ1) is 6.33. The Kier molecular flexibility index (Phi) is 1.56. The molecular formula is C7H10O2. The van der Waals surface area contributed by atoms with Gasteiger partial charge in [-0.15, -0.1) is 0 Å². The second-order valence-electron chi connectivity index (χ2n) is 2.39. The average molecular weight is 126 g/mol. The van der Waals surface area contributed by atoms with Crippen LogP contribution in [0.1, 0.15) is 13.3 Å². The van der Waals surface area contributed by atoms with Gasteiger partial charge in [0.1, 0.15) is 6.10 Å². The minimum Gasteiger partial charge on any atom is -0.459 e. The molecular weight excluding hydrogens is 116 g/mol. The number of ether oxygens (including phenoxy) is 1. The smallest absolute Gasteiger partial charge is 0.330 e. The largest absolute Gasteiger partial charge is 0.459 e. The second-order valence-corrected chi connectivity index (χ2v) is 2.39. The van der Waals surface area contributed by atoms with E-state index in [1.165, 1.54) is 6.08 Å². The van der Waals surface area contributed by atoms with Crippen LogP contribution >= 0.6 is 0 Å². The van der Waals surface area contributed by atoms with E-state index >= 15 is 0 Å². The molecule has 1 aliphatic carbocycles. The summed E-state index contributed by atoms with van der Waals surface area (Å²) in [5.41, 5.74) is 0. The van der Waals surface area contributed by atoms with E-state index in [0.29, 0.717) is 5.92 Å². The fraction of sp³-hybridized carbons (Fsp3) is 0.571. The summed E-state index contributed by atoms with van der Waals surface area (Å²) in [4.78, 5) is 10.5. The predicted octanol–water partition coefficient (Wildman–Crippen LogP) is 1.12. The fourth-order valence-electron chi connectivity index (χ4n) is 0.649. The van der Waals surface area contributed by atoms with Gasteiger partial charge in [0.05, 0.1) is 0 Å². The van der Waals surface area contributed by atoms with E-state index in [4.69, 9.17) is 4.74 Å².